The van der Waals surface area contributed by atoms with Gasteiger partial charge in [-0.3, -0.25) is 4.79 Å². The second-order valence-electron chi connectivity index (χ2n) is 3.17. The lowest BCUT2D eigenvalue weighted by molar-refractivity contribution is -0.111. The highest BCUT2D eigenvalue weighted by Crippen LogP contribution is 2.19. The van der Waals surface area contributed by atoms with Crippen LogP contribution in [0.3, 0.4) is 0 Å². The lowest BCUT2D eigenvalue weighted by Gasteiger charge is -1.92. The predicted molar refractivity (Wildman–Crippen MR) is 62.5 cm³/mol. The Bertz CT molecular complexity index is 493. The molecule has 0 amide bonds. The number of hydrogen-bond acceptors (Lipinski definition) is 2. The van der Waals surface area contributed by atoms with Crippen LogP contribution in [-0.4, -0.2) is 14.8 Å². The molecule has 5 heteroatoms. The summed E-state index contributed by atoms with van der Waals surface area (Å²) in [6, 6.07) is 3.79. The Morgan fingerprint density at radius 3 is 3.00 bits per heavy atom. The van der Waals surface area contributed by atoms with Crippen molar-refractivity contribution in [3.63, 3.8) is 0 Å². The van der Waals surface area contributed by atoms with E-state index in [1.54, 1.807) is 6.20 Å². The first-order valence-corrected chi connectivity index (χ1v) is 4.63. The molecule has 0 spiro atoms. The second-order valence-corrected chi connectivity index (χ2v) is 3.59. The lowest BCUT2D eigenvalue weighted by Crippen LogP contribution is -1.91. The number of fused-ring (bicyclic) bond motifs is 1. The topological polar surface area (TPSA) is 34.9 Å². The molecule has 0 radical (unpaired) electrons. The number of pyridine rings is 1. The number of nitrogens with zero attached hydrogens (tertiary/aromatic N) is 2. The van der Waals surface area contributed by atoms with Gasteiger partial charge in [-0.05, 0) is 29.3 Å². The van der Waals surface area contributed by atoms with Gasteiger partial charge in [0.05, 0.1) is 0 Å². The zero-order valence-corrected chi connectivity index (χ0v) is 9.68. The zero-order chi connectivity index (χ0) is 10.1. The van der Waals surface area contributed by atoms with Gasteiger partial charge in [0.25, 0.3) is 0 Å². The molecule has 3 nitrogen and oxygen atoms in total. The van der Waals surface area contributed by atoms with Crippen molar-refractivity contribution < 1.29 is 4.79 Å². The van der Waals surface area contributed by atoms with Crippen molar-refractivity contribution in [1.29, 1.82) is 0 Å². The van der Waals surface area contributed by atoms with Gasteiger partial charge in [-0.2, -0.15) is 0 Å². The Balaban J connectivity index is 0.00000112. The van der Waals surface area contributed by atoms with Gasteiger partial charge in [-0.1, -0.05) is 0 Å². The van der Waals surface area contributed by atoms with Gasteiger partial charge in [-0.25, -0.2) is 4.98 Å². The molecule has 0 bridgehead atoms. The smallest absolute Gasteiger partial charge is 0.226 e. The van der Waals surface area contributed by atoms with Crippen LogP contribution in [0, 0.1) is 0 Å². The number of aromatic nitrogens is 2. The van der Waals surface area contributed by atoms with E-state index in [1.165, 1.54) is 0 Å². The highest BCUT2D eigenvalue weighted by Gasteiger charge is 2.08. The van der Waals surface area contributed by atoms with Gasteiger partial charge in [0.15, 0.2) is 0 Å². The van der Waals surface area contributed by atoms with Crippen LogP contribution in [-0.2, 0) is 18.3 Å². The van der Waals surface area contributed by atoms with E-state index in [1.807, 2.05) is 29.9 Å². The summed E-state index contributed by atoms with van der Waals surface area (Å²) >= 11 is 5.35. The minimum atomic E-state index is -0.346. The van der Waals surface area contributed by atoms with Crippen LogP contribution in [0.2, 0.25) is 0 Å². The van der Waals surface area contributed by atoms with E-state index in [2.05, 4.69) is 4.98 Å². The van der Waals surface area contributed by atoms with Crippen molar-refractivity contribution in [2.75, 3.05) is 0 Å². The van der Waals surface area contributed by atoms with Crippen molar-refractivity contribution in [2.45, 2.75) is 6.42 Å². The van der Waals surface area contributed by atoms with Crippen LogP contribution in [0.25, 0.3) is 11.0 Å². The molecule has 0 aliphatic carbocycles. The Kier molecular flexibility index (Phi) is 3.72. The molecule has 2 aromatic heterocycles. The average Bonchev–Trinajstić information content (AvgIpc) is 2.44. The fourth-order valence-corrected chi connectivity index (χ4v) is 1.73. The van der Waals surface area contributed by atoms with Crippen LogP contribution in [0.15, 0.2) is 24.5 Å². The Labute approximate surface area is 98.5 Å². The third-order valence-corrected chi connectivity index (χ3v) is 2.28. The van der Waals surface area contributed by atoms with E-state index < -0.39 is 0 Å². The maximum absolute atomic E-state index is 10.8. The Morgan fingerprint density at radius 1 is 1.60 bits per heavy atom. The fraction of sp³-hybridized carbons (Fsp3) is 0.200. The first-order chi connectivity index (χ1) is 6.68. The molecule has 0 aliphatic heterocycles. The number of carbonyl (C=O) groups is 1. The van der Waals surface area contributed by atoms with Gasteiger partial charge < -0.3 is 4.57 Å². The van der Waals surface area contributed by atoms with E-state index in [4.69, 9.17) is 11.6 Å². The monoisotopic (exact) mass is 244 g/mol. The number of aryl methyl sites for hydroxylation is 1. The standard InChI is InChI=1S/C10H9ClN2O.ClH/c1-13-6-7(5-9(11)14)8-3-2-4-12-10(8)13;/h2-4,6H,5H2,1H3;1H. The maximum atomic E-state index is 10.8. The number of carbonyl (C=O) groups excluding carboxylic acids is 1. The maximum Gasteiger partial charge on any atom is 0.226 e. The van der Waals surface area contributed by atoms with Crippen LogP contribution < -0.4 is 0 Å². The van der Waals surface area contributed by atoms with E-state index >= 15 is 0 Å². The number of hydrogen-bond donors (Lipinski definition) is 0. The van der Waals surface area contributed by atoms with Gasteiger partial charge in [0, 0.05) is 31.2 Å². The second kappa shape index (κ2) is 4.64. The van der Waals surface area contributed by atoms with Crippen LogP contribution in [0.4, 0.5) is 0 Å². The SMILES string of the molecule is Cl.Cn1cc(CC(=O)Cl)c2cccnc21. The Morgan fingerprint density at radius 2 is 2.33 bits per heavy atom. The van der Waals surface area contributed by atoms with E-state index in [9.17, 15) is 4.79 Å². The first-order valence-electron chi connectivity index (χ1n) is 4.26. The van der Waals surface area contributed by atoms with Crippen LogP contribution >= 0.6 is 24.0 Å². The molecule has 0 atom stereocenters. The molecule has 2 rings (SSSR count). The minimum absolute atomic E-state index is 0. The summed E-state index contributed by atoms with van der Waals surface area (Å²) in [5, 5.41) is 0.644. The number of rotatable bonds is 2. The van der Waals surface area contributed by atoms with Gasteiger partial charge in [0.2, 0.25) is 5.24 Å². The molecular weight excluding hydrogens is 235 g/mol. The largest absolute Gasteiger partial charge is 0.335 e. The fourth-order valence-electron chi connectivity index (χ4n) is 1.58. The summed E-state index contributed by atoms with van der Waals surface area (Å²) in [6.45, 7) is 0. The molecule has 0 unspecified atom stereocenters. The zero-order valence-electron chi connectivity index (χ0n) is 8.11. The normalized spacial score (nSPS) is 10.0. The molecule has 0 saturated carbocycles. The number of halogens is 2. The molecule has 80 valence electrons. The van der Waals surface area contributed by atoms with Crippen molar-refractivity contribution in [1.82, 2.24) is 9.55 Å². The highest BCUT2D eigenvalue weighted by molar-refractivity contribution is 6.63. The van der Waals surface area contributed by atoms with Crippen molar-refractivity contribution in [3.05, 3.63) is 30.1 Å². The summed E-state index contributed by atoms with van der Waals surface area (Å²) in [5.74, 6) is 0. The lowest BCUT2D eigenvalue weighted by atomic mass is 10.2. The molecule has 2 aromatic rings. The molecule has 2 heterocycles. The Hall–Kier alpha value is -1.06. The van der Waals surface area contributed by atoms with E-state index in [-0.39, 0.29) is 24.1 Å². The minimum Gasteiger partial charge on any atom is -0.335 e. The quantitative estimate of drug-likeness (QED) is 0.761. The molecule has 0 aromatic carbocycles. The van der Waals surface area contributed by atoms with Crippen molar-refractivity contribution in [2.24, 2.45) is 7.05 Å². The van der Waals surface area contributed by atoms with E-state index in [0.29, 0.717) is 0 Å². The first kappa shape index (κ1) is 12.0. The highest BCUT2D eigenvalue weighted by atomic mass is 35.5. The molecule has 0 aliphatic rings. The van der Waals surface area contributed by atoms with Crippen LogP contribution in [0.5, 0.6) is 0 Å². The van der Waals surface area contributed by atoms with Crippen molar-refractivity contribution in [3.8, 4) is 0 Å². The summed E-state index contributed by atoms with van der Waals surface area (Å²) in [4.78, 5) is 15.0. The summed E-state index contributed by atoms with van der Waals surface area (Å²) < 4.78 is 1.89. The van der Waals surface area contributed by atoms with Gasteiger partial charge >= 0.3 is 0 Å². The molecule has 15 heavy (non-hydrogen) atoms. The van der Waals surface area contributed by atoms with Crippen molar-refractivity contribution >= 4 is 40.3 Å². The molecule has 0 saturated heterocycles. The average molecular weight is 245 g/mol. The van der Waals surface area contributed by atoms with Gasteiger partial charge in [0.1, 0.15) is 5.65 Å². The van der Waals surface area contributed by atoms with E-state index in [0.717, 1.165) is 16.6 Å². The van der Waals surface area contributed by atoms with Gasteiger partial charge in [-0.15, -0.1) is 12.4 Å². The summed E-state index contributed by atoms with van der Waals surface area (Å²) in [5.41, 5.74) is 1.80. The molecule has 0 fully saturated rings. The third kappa shape index (κ3) is 2.30. The summed E-state index contributed by atoms with van der Waals surface area (Å²) in [6.07, 6.45) is 3.87. The predicted octanol–water partition coefficient (Wildman–Crippen LogP) is 2.30. The third-order valence-electron chi connectivity index (χ3n) is 2.15. The van der Waals surface area contributed by atoms with Crippen LogP contribution in [0.1, 0.15) is 5.56 Å². The molecule has 0 N–H and O–H groups in total. The summed E-state index contributed by atoms with van der Waals surface area (Å²) in [7, 11) is 1.90. The molecular formula is C10H10Cl2N2O.